The van der Waals surface area contributed by atoms with Gasteiger partial charge in [0.05, 0.1) is 12.5 Å². The maximum Gasteiger partial charge on any atom is 0.253 e. The summed E-state index contributed by atoms with van der Waals surface area (Å²) < 4.78 is 0.935. The summed E-state index contributed by atoms with van der Waals surface area (Å²) in [6.45, 7) is 1.98. The van der Waals surface area contributed by atoms with Gasteiger partial charge in [-0.3, -0.25) is 14.6 Å². The van der Waals surface area contributed by atoms with Gasteiger partial charge in [-0.1, -0.05) is 22.0 Å². The highest BCUT2D eigenvalue weighted by atomic mass is 79.9. The lowest BCUT2D eigenvalue weighted by Crippen LogP contribution is -2.44. The third kappa shape index (κ3) is 5.64. The van der Waals surface area contributed by atoms with Gasteiger partial charge in [-0.2, -0.15) is 5.26 Å². The average Bonchev–Trinajstić information content (AvgIpc) is 2.77. The van der Waals surface area contributed by atoms with Crippen molar-refractivity contribution in [2.45, 2.75) is 25.8 Å². The first kappa shape index (κ1) is 21.0. The van der Waals surface area contributed by atoms with Crippen LogP contribution in [0.2, 0.25) is 0 Å². The van der Waals surface area contributed by atoms with Gasteiger partial charge in [-0.25, -0.2) is 0 Å². The van der Waals surface area contributed by atoms with E-state index >= 15 is 0 Å². The molecule has 0 radical (unpaired) electrons. The second-order valence-electron chi connectivity index (χ2n) is 7.10. The second-order valence-corrected chi connectivity index (χ2v) is 8.02. The number of carbonyl (C=O) groups excluding carboxylic acids is 2. The molecule has 0 bridgehead atoms. The number of hydrogen-bond donors (Lipinski definition) is 0. The molecule has 1 aromatic heterocycles. The summed E-state index contributed by atoms with van der Waals surface area (Å²) in [6.07, 6.45) is 5.01. The van der Waals surface area contributed by atoms with Crippen molar-refractivity contribution in [1.82, 2.24) is 14.8 Å². The lowest BCUT2D eigenvalue weighted by molar-refractivity contribution is -0.137. The smallest absolute Gasteiger partial charge is 0.253 e. The van der Waals surface area contributed by atoms with Gasteiger partial charge < -0.3 is 9.80 Å². The summed E-state index contributed by atoms with van der Waals surface area (Å²) in [7, 11) is 0. The van der Waals surface area contributed by atoms with E-state index < -0.39 is 0 Å². The maximum atomic E-state index is 13.1. The first-order chi connectivity index (χ1) is 14.1. The zero-order valence-electron chi connectivity index (χ0n) is 16.1. The van der Waals surface area contributed by atoms with E-state index in [9.17, 15) is 9.59 Å². The number of carbonyl (C=O) groups is 2. The molecule has 1 aliphatic rings. The average molecular weight is 455 g/mol. The molecule has 2 aromatic rings. The number of halogens is 1. The predicted molar refractivity (Wildman–Crippen MR) is 113 cm³/mol. The van der Waals surface area contributed by atoms with E-state index in [-0.39, 0.29) is 17.7 Å². The van der Waals surface area contributed by atoms with Gasteiger partial charge in [-0.05, 0) is 48.7 Å². The molecule has 0 unspecified atom stereocenters. The van der Waals surface area contributed by atoms with Crippen LogP contribution in [0.4, 0.5) is 0 Å². The number of piperidine rings is 1. The van der Waals surface area contributed by atoms with Crippen LogP contribution in [0.15, 0.2) is 53.3 Å². The Labute approximate surface area is 179 Å². The molecule has 3 rings (SSSR count). The van der Waals surface area contributed by atoms with Crippen LogP contribution in [0.3, 0.4) is 0 Å². The fraction of sp³-hybridized carbons (Fsp3) is 0.364. The first-order valence-corrected chi connectivity index (χ1v) is 10.5. The summed E-state index contributed by atoms with van der Waals surface area (Å²) in [5.74, 6) is -0.0701. The van der Waals surface area contributed by atoms with Crippen molar-refractivity contribution >= 4 is 27.7 Å². The van der Waals surface area contributed by atoms with Gasteiger partial charge in [0.1, 0.15) is 0 Å². The SMILES string of the molecule is N#CCCN(Cc1cccnc1)C(=O)C1CCN(C(=O)c2ccc(Br)cc2)CC1. The summed E-state index contributed by atoms with van der Waals surface area (Å²) >= 11 is 3.38. The van der Waals surface area contributed by atoms with Crippen LogP contribution in [0.25, 0.3) is 0 Å². The van der Waals surface area contributed by atoms with Gasteiger partial charge in [-0.15, -0.1) is 0 Å². The number of hydrogen-bond acceptors (Lipinski definition) is 4. The molecule has 0 N–H and O–H groups in total. The number of benzene rings is 1. The monoisotopic (exact) mass is 454 g/mol. The topological polar surface area (TPSA) is 77.3 Å². The predicted octanol–water partition coefficient (Wildman–Crippen LogP) is 3.64. The molecule has 1 saturated heterocycles. The van der Waals surface area contributed by atoms with Crippen molar-refractivity contribution in [3.05, 3.63) is 64.4 Å². The van der Waals surface area contributed by atoms with Crippen LogP contribution >= 0.6 is 15.9 Å². The first-order valence-electron chi connectivity index (χ1n) is 9.68. The lowest BCUT2D eigenvalue weighted by atomic mass is 9.94. The molecule has 1 fully saturated rings. The van der Waals surface area contributed by atoms with E-state index in [1.807, 2.05) is 29.2 Å². The molecule has 0 atom stereocenters. The summed E-state index contributed by atoms with van der Waals surface area (Å²) in [4.78, 5) is 33.4. The molecule has 1 aromatic carbocycles. The molecular formula is C22H23BrN4O2. The molecule has 0 saturated carbocycles. The van der Waals surface area contributed by atoms with Crippen LogP contribution in [-0.4, -0.2) is 46.2 Å². The normalized spacial score (nSPS) is 14.3. The lowest BCUT2D eigenvalue weighted by Gasteiger charge is -2.34. The Kier molecular flexibility index (Phi) is 7.36. The van der Waals surface area contributed by atoms with E-state index in [0.717, 1.165) is 10.0 Å². The van der Waals surface area contributed by atoms with Crippen LogP contribution in [0.1, 0.15) is 35.2 Å². The number of pyridine rings is 1. The molecule has 7 heteroatoms. The highest BCUT2D eigenvalue weighted by Crippen LogP contribution is 2.23. The van der Waals surface area contributed by atoms with Crippen molar-refractivity contribution < 1.29 is 9.59 Å². The molecule has 0 aliphatic carbocycles. The van der Waals surface area contributed by atoms with Crippen molar-refractivity contribution in [3.8, 4) is 6.07 Å². The minimum absolute atomic E-state index is 0.0000885. The molecule has 1 aliphatic heterocycles. The third-order valence-electron chi connectivity index (χ3n) is 5.12. The molecule has 2 amide bonds. The Balaban J connectivity index is 1.60. The quantitative estimate of drug-likeness (QED) is 0.667. The number of nitrogens with zero attached hydrogens (tertiary/aromatic N) is 4. The van der Waals surface area contributed by atoms with E-state index in [2.05, 4.69) is 27.0 Å². The summed E-state index contributed by atoms with van der Waals surface area (Å²) in [5.41, 5.74) is 1.60. The van der Waals surface area contributed by atoms with Crippen molar-refractivity contribution in [1.29, 1.82) is 5.26 Å². The molecular weight excluding hydrogens is 432 g/mol. The minimum atomic E-state index is -0.126. The highest BCUT2D eigenvalue weighted by molar-refractivity contribution is 9.10. The Morgan fingerprint density at radius 3 is 2.55 bits per heavy atom. The fourth-order valence-corrected chi connectivity index (χ4v) is 3.79. The Hall–Kier alpha value is -2.72. The molecule has 2 heterocycles. The number of nitriles is 1. The number of likely N-dealkylation sites (tertiary alicyclic amines) is 1. The van der Waals surface area contributed by atoms with Crippen LogP contribution in [0, 0.1) is 17.2 Å². The Morgan fingerprint density at radius 1 is 1.21 bits per heavy atom. The second kappa shape index (κ2) is 10.2. The standard InChI is InChI=1S/C22H23BrN4O2/c23-20-6-4-18(5-7-20)21(28)26-13-8-19(9-14-26)22(29)27(12-2-10-24)16-17-3-1-11-25-15-17/h1,3-7,11,15,19H,2,8-9,12-14,16H2. The largest absolute Gasteiger partial charge is 0.339 e. The zero-order chi connectivity index (χ0) is 20.6. The zero-order valence-corrected chi connectivity index (χ0v) is 17.7. The molecule has 0 spiro atoms. The number of amides is 2. The van der Waals surface area contributed by atoms with E-state index in [1.54, 1.807) is 29.4 Å². The van der Waals surface area contributed by atoms with Gasteiger partial charge >= 0.3 is 0 Å². The van der Waals surface area contributed by atoms with Crippen molar-refractivity contribution in [2.75, 3.05) is 19.6 Å². The van der Waals surface area contributed by atoms with Gasteiger partial charge in [0.25, 0.3) is 5.91 Å². The molecule has 150 valence electrons. The van der Waals surface area contributed by atoms with E-state index in [0.29, 0.717) is 51.0 Å². The number of rotatable bonds is 6. The van der Waals surface area contributed by atoms with Crippen molar-refractivity contribution in [2.24, 2.45) is 5.92 Å². The van der Waals surface area contributed by atoms with Crippen LogP contribution in [-0.2, 0) is 11.3 Å². The number of aromatic nitrogens is 1. The Morgan fingerprint density at radius 2 is 1.93 bits per heavy atom. The molecule has 29 heavy (non-hydrogen) atoms. The van der Waals surface area contributed by atoms with E-state index in [4.69, 9.17) is 5.26 Å². The minimum Gasteiger partial charge on any atom is -0.339 e. The van der Waals surface area contributed by atoms with Crippen LogP contribution < -0.4 is 0 Å². The Bertz CT molecular complexity index is 872. The van der Waals surface area contributed by atoms with Gasteiger partial charge in [0.2, 0.25) is 5.91 Å². The van der Waals surface area contributed by atoms with Gasteiger partial charge in [0, 0.05) is 54.5 Å². The fourth-order valence-electron chi connectivity index (χ4n) is 3.53. The van der Waals surface area contributed by atoms with Gasteiger partial charge in [0.15, 0.2) is 0 Å². The maximum absolute atomic E-state index is 13.1. The summed E-state index contributed by atoms with van der Waals surface area (Å²) in [5, 5.41) is 8.95. The van der Waals surface area contributed by atoms with Crippen LogP contribution in [0.5, 0.6) is 0 Å². The molecule has 6 nitrogen and oxygen atoms in total. The van der Waals surface area contributed by atoms with Crippen molar-refractivity contribution in [3.63, 3.8) is 0 Å². The third-order valence-corrected chi connectivity index (χ3v) is 5.65. The summed E-state index contributed by atoms with van der Waals surface area (Å²) in [6, 6.07) is 13.2. The highest BCUT2D eigenvalue weighted by Gasteiger charge is 2.30. The van der Waals surface area contributed by atoms with E-state index in [1.165, 1.54) is 0 Å².